The summed E-state index contributed by atoms with van der Waals surface area (Å²) in [7, 11) is 1.77. The van der Waals surface area contributed by atoms with Crippen LogP contribution in [-0.4, -0.2) is 58.3 Å². The first-order valence-electron chi connectivity index (χ1n) is 8.76. The number of aryl methyl sites for hydroxylation is 1. The van der Waals surface area contributed by atoms with E-state index in [0.29, 0.717) is 19.7 Å². The summed E-state index contributed by atoms with van der Waals surface area (Å²) in [5.74, 6) is 2.65. The Bertz CT molecular complexity index is 618. The highest BCUT2D eigenvalue weighted by atomic mass is 127. The van der Waals surface area contributed by atoms with Crippen LogP contribution in [0.2, 0.25) is 0 Å². The van der Waals surface area contributed by atoms with Crippen molar-refractivity contribution in [1.29, 1.82) is 0 Å². The molecular formula is C16H27IN6O2. The number of aliphatic imine (C=N–C) groups is 1. The molecule has 0 bridgehead atoms. The van der Waals surface area contributed by atoms with Gasteiger partial charge in [0, 0.05) is 33.1 Å². The standard InChI is InChI=1S/C16H26N6O2.HI/c1-3-24-15(23)12-6-4-8-21(11-12)16(17-2)18-10-14-20-19-13-7-5-9-22(13)14;/h12H,3-11H2,1-2H3,(H,17,18);1H/t12-;/m1./s1. The van der Waals surface area contributed by atoms with Gasteiger partial charge in [-0.25, -0.2) is 0 Å². The van der Waals surface area contributed by atoms with Crippen LogP contribution in [0.15, 0.2) is 4.99 Å². The minimum absolute atomic E-state index is 0. The van der Waals surface area contributed by atoms with E-state index in [1.807, 2.05) is 6.92 Å². The third-order valence-corrected chi connectivity index (χ3v) is 4.64. The molecule has 1 atom stereocenters. The molecule has 2 aliphatic heterocycles. The number of esters is 1. The van der Waals surface area contributed by atoms with E-state index in [1.165, 1.54) is 0 Å². The largest absolute Gasteiger partial charge is 0.466 e. The number of nitrogens with one attached hydrogen (secondary N) is 1. The Kier molecular flexibility index (Phi) is 7.45. The summed E-state index contributed by atoms with van der Waals surface area (Å²) in [6.07, 6.45) is 3.99. The SMILES string of the molecule is CCOC(=O)[C@@H]1CCCN(C(=NC)NCc2nnc3n2CCC3)C1.I. The van der Waals surface area contributed by atoms with Crippen LogP contribution in [0.3, 0.4) is 0 Å². The molecule has 8 nitrogen and oxygen atoms in total. The number of ether oxygens (including phenoxy) is 1. The lowest BCUT2D eigenvalue weighted by molar-refractivity contribution is -0.149. The van der Waals surface area contributed by atoms with Gasteiger partial charge < -0.3 is 19.5 Å². The van der Waals surface area contributed by atoms with E-state index in [0.717, 1.165) is 56.4 Å². The zero-order valence-electron chi connectivity index (χ0n) is 14.9. The van der Waals surface area contributed by atoms with Crippen LogP contribution in [0, 0.1) is 5.92 Å². The van der Waals surface area contributed by atoms with Gasteiger partial charge in [0.25, 0.3) is 0 Å². The predicted molar refractivity (Wildman–Crippen MR) is 105 cm³/mol. The molecule has 0 amide bonds. The maximum Gasteiger partial charge on any atom is 0.310 e. The Morgan fingerprint density at radius 2 is 2.20 bits per heavy atom. The molecule has 1 aromatic heterocycles. The van der Waals surface area contributed by atoms with Gasteiger partial charge in [-0.1, -0.05) is 0 Å². The van der Waals surface area contributed by atoms with Crippen LogP contribution in [0.25, 0.3) is 0 Å². The summed E-state index contributed by atoms with van der Waals surface area (Å²) >= 11 is 0. The van der Waals surface area contributed by atoms with Gasteiger partial charge in [0.2, 0.25) is 0 Å². The van der Waals surface area contributed by atoms with Gasteiger partial charge >= 0.3 is 5.97 Å². The number of nitrogens with zero attached hydrogens (tertiary/aromatic N) is 5. The van der Waals surface area contributed by atoms with Gasteiger partial charge in [0.05, 0.1) is 19.1 Å². The lowest BCUT2D eigenvalue weighted by Crippen LogP contribution is -2.48. The Labute approximate surface area is 165 Å². The third kappa shape index (κ3) is 4.62. The summed E-state index contributed by atoms with van der Waals surface area (Å²) in [5.41, 5.74) is 0. The van der Waals surface area contributed by atoms with Gasteiger partial charge in [-0.2, -0.15) is 0 Å². The van der Waals surface area contributed by atoms with Crippen molar-refractivity contribution in [1.82, 2.24) is 25.0 Å². The van der Waals surface area contributed by atoms with E-state index in [2.05, 4.69) is 30.0 Å². The van der Waals surface area contributed by atoms with Crippen LogP contribution < -0.4 is 5.32 Å². The van der Waals surface area contributed by atoms with Crippen molar-refractivity contribution in [2.75, 3.05) is 26.7 Å². The number of fused-ring (bicyclic) bond motifs is 1. The van der Waals surface area contributed by atoms with Crippen molar-refractivity contribution in [2.24, 2.45) is 10.9 Å². The van der Waals surface area contributed by atoms with Crippen LogP contribution in [-0.2, 0) is 29.0 Å². The quantitative estimate of drug-likeness (QED) is 0.313. The first-order valence-corrected chi connectivity index (χ1v) is 8.76. The highest BCUT2D eigenvalue weighted by Gasteiger charge is 2.28. The molecule has 3 rings (SSSR count). The number of halogens is 1. The fourth-order valence-electron chi connectivity index (χ4n) is 3.45. The molecule has 1 N–H and O–H groups in total. The maximum atomic E-state index is 12.0. The van der Waals surface area contributed by atoms with Gasteiger partial charge in [-0.05, 0) is 26.2 Å². The maximum absolute atomic E-state index is 12.0. The second kappa shape index (κ2) is 9.35. The first kappa shape index (κ1) is 19.9. The predicted octanol–water partition coefficient (Wildman–Crippen LogP) is 1.19. The minimum Gasteiger partial charge on any atom is -0.466 e. The molecule has 3 heterocycles. The Hall–Kier alpha value is -1.39. The van der Waals surface area contributed by atoms with E-state index in [9.17, 15) is 4.79 Å². The lowest BCUT2D eigenvalue weighted by Gasteiger charge is -2.33. The van der Waals surface area contributed by atoms with E-state index >= 15 is 0 Å². The number of hydrogen-bond donors (Lipinski definition) is 1. The molecule has 9 heteroatoms. The van der Waals surface area contributed by atoms with Gasteiger partial charge in [0.1, 0.15) is 5.82 Å². The summed E-state index contributed by atoms with van der Waals surface area (Å²) in [6.45, 7) is 5.41. The van der Waals surface area contributed by atoms with Crippen LogP contribution in [0.1, 0.15) is 37.8 Å². The van der Waals surface area contributed by atoms with E-state index in [1.54, 1.807) is 7.05 Å². The molecular weight excluding hydrogens is 435 g/mol. The topological polar surface area (TPSA) is 84.6 Å². The zero-order valence-corrected chi connectivity index (χ0v) is 17.2. The molecule has 1 fully saturated rings. The summed E-state index contributed by atoms with van der Waals surface area (Å²) in [5, 5.41) is 11.8. The molecule has 0 aliphatic carbocycles. The summed E-state index contributed by atoms with van der Waals surface area (Å²) in [4.78, 5) is 18.5. The van der Waals surface area contributed by atoms with Crippen molar-refractivity contribution in [2.45, 2.75) is 45.7 Å². The molecule has 0 spiro atoms. The molecule has 140 valence electrons. The molecule has 0 unspecified atom stereocenters. The number of likely N-dealkylation sites (tertiary alicyclic amines) is 1. The molecule has 1 aromatic rings. The number of rotatable bonds is 4. The van der Waals surface area contributed by atoms with E-state index < -0.39 is 0 Å². The van der Waals surface area contributed by atoms with E-state index in [-0.39, 0.29) is 35.9 Å². The molecule has 25 heavy (non-hydrogen) atoms. The number of piperidine rings is 1. The summed E-state index contributed by atoms with van der Waals surface area (Å²) < 4.78 is 7.34. The summed E-state index contributed by atoms with van der Waals surface area (Å²) in [6, 6.07) is 0. The molecule has 0 aromatic carbocycles. The highest BCUT2D eigenvalue weighted by molar-refractivity contribution is 14.0. The Morgan fingerprint density at radius 1 is 1.36 bits per heavy atom. The normalized spacial score (nSPS) is 20.0. The fourth-order valence-corrected chi connectivity index (χ4v) is 3.45. The fraction of sp³-hybridized carbons (Fsp3) is 0.750. The second-order valence-electron chi connectivity index (χ2n) is 6.23. The van der Waals surface area contributed by atoms with Crippen LogP contribution in [0.4, 0.5) is 0 Å². The molecule has 1 saturated heterocycles. The van der Waals surface area contributed by atoms with Gasteiger partial charge in [0.15, 0.2) is 11.8 Å². The van der Waals surface area contributed by atoms with E-state index in [4.69, 9.17) is 4.74 Å². The van der Waals surface area contributed by atoms with Crippen molar-refractivity contribution in [3.05, 3.63) is 11.6 Å². The highest BCUT2D eigenvalue weighted by Crippen LogP contribution is 2.18. The first-order chi connectivity index (χ1) is 11.7. The number of carbonyl (C=O) groups is 1. The van der Waals surface area contributed by atoms with Crippen molar-refractivity contribution in [3.8, 4) is 0 Å². The molecule has 2 aliphatic rings. The van der Waals surface area contributed by atoms with Gasteiger partial charge in [-0.15, -0.1) is 34.2 Å². The zero-order chi connectivity index (χ0) is 16.9. The average Bonchev–Trinajstić information content (AvgIpc) is 3.20. The molecule has 0 saturated carbocycles. The van der Waals surface area contributed by atoms with Crippen LogP contribution >= 0.6 is 24.0 Å². The van der Waals surface area contributed by atoms with Crippen molar-refractivity contribution < 1.29 is 9.53 Å². The molecule has 0 radical (unpaired) electrons. The van der Waals surface area contributed by atoms with Crippen LogP contribution in [0.5, 0.6) is 0 Å². The number of aromatic nitrogens is 3. The number of hydrogen-bond acceptors (Lipinski definition) is 5. The third-order valence-electron chi connectivity index (χ3n) is 4.64. The average molecular weight is 462 g/mol. The van der Waals surface area contributed by atoms with Gasteiger partial charge in [-0.3, -0.25) is 9.79 Å². The van der Waals surface area contributed by atoms with Crippen molar-refractivity contribution >= 4 is 35.9 Å². The Morgan fingerprint density at radius 3 is 2.96 bits per heavy atom. The second-order valence-corrected chi connectivity index (χ2v) is 6.23. The number of guanidine groups is 1. The van der Waals surface area contributed by atoms with Crippen molar-refractivity contribution in [3.63, 3.8) is 0 Å². The lowest BCUT2D eigenvalue weighted by atomic mass is 9.98. The smallest absolute Gasteiger partial charge is 0.310 e. The minimum atomic E-state index is -0.104. The Balaban J connectivity index is 0.00000225. The number of carbonyl (C=O) groups excluding carboxylic acids is 1. The monoisotopic (exact) mass is 462 g/mol.